The van der Waals surface area contributed by atoms with E-state index in [1.54, 1.807) is 0 Å². The Balaban J connectivity index is -0.0000000292. The summed E-state index contributed by atoms with van der Waals surface area (Å²) < 4.78 is 0. The number of carboxylic acids is 3. The van der Waals surface area contributed by atoms with Crippen LogP contribution < -0.4 is 110 Å². The quantitative estimate of drug-likeness (QED) is 0.473. The molecule has 0 fully saturated rings. The number of rotatable bonds is 2. The van der Waals surface area contributed by atoms with E-state index >= 15 is 0 Å². The van der Waals surface area contributed by atoms with Crippen molar-refractivity contribution in [1.29, 1.82) is 0 Å². The van der Waals surface area contributed by atoms with Gasteiger partial charge in [-0.2, -0.15) is 0 Å². The van der Waals surface area contributed by atoms with Crippen LogP contribution >= 0.6 is 0 Å². The first-order chi connectivity index (χ1) is 6.64. The number of aliphatic carboxylic acids is 3. The maximum absolute atomic E-state index is 9.49. The topological polar surface area (TPSA) is 167 Å². The molecule has 18 heavy (non-hydrogen) atoms. The second-order valence-corrected chi connectivity index (χ2v) is 2.05. The summed E-state index contributed by atoms with van der Waals surface area (Å²) >= 11 is 0. The third kappa shape index (κ3) is 86.0. The molecule has 0 saturated heterocycles. The SMILES string of the molecule is CC(=O)[O-].CC(=O)[O-].NCC(O)C(=O)[O-].[Na+].[Na+].[Na+]. The minimum atomic E-state index is -1.53. The van der Waals surface area contributed by atoms with Crippen LogP contribution in [0, 0.1) is 0 Å². The van der Waals surface area contributed by atoms with Crippen molar-refractivity contribution < 1.29 is 123 Å². The minimum absolute atomic E-state index is 0. The van der Waals surface area contributed by atoms with Crippen molar-refractivity contribution >= 4 is 17.9 Å². The number of carbonyl (C=O) groups is 3. The van der Waals surface area contributed by atoms with Crippen LogP contribution in [-0.2, 0) is 14.4 Å². The first-order valence-corrected chi connectivity index (χ1v) is 3.59. The van der Waals surface area contributed by atoms with E-state index in [1.807, 2.05) is 0 Å². The summed E-state index contributed by atoms with van der Waals surface area (Å²) in [6, 6.07) is 0. The van der Waals surface area contributed by atoms with Crippen molar-refractivity contribution in [2.24, 2.45) is 5.73 Å². The van der Waals surface area contributed by atoms with Crippen LogP contribution in [0.25, 0.3) is 0 Å². The van der Waals surface area contributed by atoms with Crippen molar-refractivity contribution in [1.82, 2.24) is 0 Å². The third-order valence-corrected chi connectivity index (χ3v) is 0.495. The van der Waals surface area contributed by atoms with Crippen molar-refractivity contribution in [2.45, 2.75) is 20.0 Å². The summed E-state index contributed by atoms with van der Waals surface area (Å²) in [6.45, 7) is 1.66. The third-order valence-electron chi connectivity index (χ3n) is 0.495. The molecule has 0 aromatic rings. The van der Waals surface area contributed by atoms with E-state index in [2.05, 4.69) is 0 Å². The van der Waals surface area contributed by atoms with E-state index in [9.17, 15) is 9.90 Å². The Morgan fingerprint density at radius 3 is 1.17 bits per heavy atom. The molecule has 0 aliphatic heterocycles. The van der Waals surface area contributed by atoms with Gasteiger partial charge in [0.1, 0.15) is 6.10 Å². The summed E-state index contributed by atoms with van der Waals surface area (Å²) in [5, 5.41) is 35.4. The second-order valence-electron chi connectivity index (χ2n) is 2.05. The summed E-state index contributed by atoms with van der Waals surface area (Å²) in [6.07, 6.45) is -1.51. The summed E-state index contributed by atoms with van der Waals surface area (Å²) in [5.41, 5.74) is 4.70. The molecule has 8 nitrogen and oxygen atoms in total. The Morgan fingerprint density at radius 1 is 1.00 bits per heavy atom. The molecule has 0 heterocycles. The molecule has 0 amide bonds. The molecule has 0 bridgehead atoms. The van der Waals surface area contributed by atoms with Crippen LogP contribution in [0.15, 0.2) is 0 Å². The normalized spacial score (nSPS) is 8.00. The molecule has 0 aliphatic carbocycles. The summed E-state index contributed by atoms with van der Waals surface area (Å²) in [4.78, 5) is 27.3. The van der Waals surface area contributed by atoms with Gasteiger partial charge in [0.15, 0.2) is 0 Å². The van der Waals surface area contributed by atoms with E-state index in [0.29, 0.717) is 0 Å². The first-order valence-electron chi connectivity index (χ1n) is 3.59. The Bertz CT molecular complexity index is 195. The molecule has 0 aliphatic rings. The van der Waals surface area contributed by atoms with Crippen molar-refractivity contribution in [3.63, 3.8) is 0 Å². The molecule has 0 spiro atoms. The number of aliphatic hydroxyl groups is 1. The Hall–Kier alpha value is 1.33. The molecule has 90 valence electrons. The van der Waals surface area contributed by atoms with E-state index in [1.165, 1.54) is 0 Å². The molecule has 0 radical (unpaired) electrons. The van der Waals surface area contributed by atoms with Gasteiger partial charge in [0.05, 0.1) is 5.97 Å². The van der Waals surface area contributed by atoms with Gasteiger partial charge in [-0.05, 0) is 13.8 Å². The maximum Gasteiger partial charge on any atom is 1.00 e. The largest absolute Gasteiger partial charge is 1.00 e. The van der Waals surface area contributed by atoms with Crippen LogP contribution in [0.1, 0.15) is 13.8 Å². The zero-order valence-corrected chi connectivity index (χ0v) is 17.3. The number of nitrogens with two attached hydrogens (primary N) is 1. The van der Waals surface area contributed by atoms with Gasteiger partial charge in [0.25, 0.3) is 0 Å². The monoisotopic (exact) mass is 291 g/mol. The average Bonchev–Trinajstić information content (AvgIpc) is 2.00. The minimum Gasteiger partial charge on any atom is -0.550 e. The zero-order valence-electron chi connectivity index (χ0n) is 11.3. The average molecular weight is 291 g/mol. The Kier molecular flexibility index (Phi) is 54.4. The van der Waals surface area contributed by atoms with Crippen LogP contribution in [0.3, 0.4) is 0 Å². The smallest absolute Gasteiger partial charge is 0.550 e. The fraction of sp³-hybridized carbons (Fsp3) is 0.571. The molecule has 1 unspecified atom stereocenters. The van der Waals surface area contributed by atoms with Gasteiger partial charge in [-0.15, -0.1) is 0 Å². The molecule has 0 rings (SSSR count). The van der Waals surface area contributed by atoms with E-state index in [-0.39, 0.29) is 95.2 Å². The van der Waals surface area contributed by atoms with Gasteiger partial charge >= 0.3 is 88.7 Å². The molecular formula is C7H12NNa3O7. The number of hydrogen-bond acceptors (Lipinski definition) is 8. The Morgan fingerprint density at radius 2 is 1.17 bits per heavy atom. The van der Waals surface area contributed by atoms with Crippen molar-refractivity contribution in [3.8, 4) is 0 Å². The Labute approximate surface area is 171 Å². The molecule has 0 aromatic carbocycles. The van der Waals surface area contributed by atoms with Crippen molar-refractivity contribution in [2.75, 3.05) is 6.54 Å². The summed E-state index contributed by atoms with van der Waals surface area (Å²) in [7, 11) is 0. The van der Waals surface area contributed by atoms with Crippen LogP contribution in [0.4, 0.5) is 0 Å². The second kappa shape index (κ2) is 26.8. The van der Waals surface area contributed by atoms with E-state index in [0.717, 1.165) is 13.8 Å². The van der Waals surface area contributed by atoms with Gasteiger partial charge in [-0.25, -0.2) is 0 Å². The molecule has 1 atom stereocenters. The molecular weight excluding hydrogens is 279 g/mol. The van der Waals surface area contributed by atoms with Crippen LogP contribution in [-0.4, -0.2) is 35.7 Å². The standard InChI is InChI=1S/C3H7NO3.2C2H4O2.3Na/c4-1-2(5)3(6)7;2*1-2(3)4;;;/h2,5H,1,4H2,(H,6,7);2*1H3,(H,3,4);;;/q;;;3*+1/p-3. The van der Waals surface area contributed by atoms with E-state index < -0.39 is 24.0 Å². The molecule has 3 N–H and O–H groups in total. The van der Waals surface area contributed by atoms with Crippen molar-refractivity contribution in [3.05, 3.63) is 0 Å². The predicted molar refractivity (Wildman–Crippen MR) is 41.4 cm³/mol. The number of carboxylic acid groups (broad SMARTS) is 3. The van der Waals surface area contributed by atoms with Crippen LogP contribution in [0.2, 0.25) is 0 Å². The van der Waals surface area contributed by atoms with Gasteiger partial charge < -0.3 is 40.5 Å². The fourth-order valence-electron chi connectivity index (χ4n) is 0.0962. The zero-order chi connectivity index (χ0) is 13.0. The predicted octanol–water partition coefficient (Wildman–Crippen LogP) is -14.4. The molecule has 11 heteroatoms. The van der Waals surface area contributed by atoms with Gasteiger partial charge in [-0.3, -0.25) is 0 Å². The first kappa shape index (κ1) is 36.6. The van der Waals surface area contributed by atoms with E-state index in [4.69, 9.17) is 30.6 Å². The number of hydrogen-bond donors (Lipinski definition) is 2. The van der Waals surface area contributed by atoms with Crippen LogP contribution in [0.5, 0.6) is 0 Å². The maximum atomic E-state index is 9.49. The number of carbonyl (C=O) groups excluding carboxylic acids is 3. The van der Waals surface area contributed by atoms with Gasteiger partial charge in [0, 0.05) is 18.5 Å². The molecule has 0 aromatic heterocycles. The van der Waals surface area contributed by atoms with Gasteiger partial charge in [0.2, 0.25) is 0 Å². The fourth-order valence-corrected chi connectivity index (χ4v) is 0.0962. The van der Waals surface area contributed by atoms with Gasteiger partial charge in [-0.1, -0.05) is 0 Å². The molecule has 0 saturated carbocycles. The summed E-state index contributed by atoms with van der Waals surface area (Å²) in [5.74, 6) is -3.69. The number of aliphatic hydroxyl groups excluding tert-OH is 1.